The molecule has 5 heterocycles. The van der Waals surface area contributed by atoms with Gasteiger partial charge in [0.1, 0.15) is 0 Å². The molecule has 4 bridgehead atoms. The molecule has 0 aromatic rings. The molecule has 0 aromatic carbocycles. The Morgan fingerprint density at radius 3 is 1.72 bits per heavy atom. The molecule has 10 nitrogen and oxygen atoms in total. The molecule has 5 saturated heterocycles. The highest BCUT2D eigenvalue weighted by atomic mass is 16.6. The quantitative estimate of drug-likeness (QED) is 0.471. The lowest BCUT2D eigenvalue weighted by atomic mass is 9.79. The summed E-state index contributed by atoms with van der Waals surface area (Å²) in [5, 5.41) is 16.0. The molecule has 5 fully saturated rings. The third kappa shape index (κ3) is 3.88. The lowest BCUT2D eigenvalue weighted by Gasteiger charge is -2.22. The summed E-state index contributed by atoms with van der Waals surface area (Å²) in [6.45, 7) is 0. The number of carboxylic acid groups (broad SMARTS) is 1. The zero-order chi connectivity index (χ0) is 20.6. The van der Waals surface area contributed by atoms with Crippen molar-refractivity contribution >= 4 is 23.9 Å². The van der Waals surface area contributed by atoms with E-state index in [2.05, 4.69) is 9.47 Å². The molecule has 5 aliphatic heterocycles. The number of fused-ring (bicyclic) bond motifs is 7. The van der Waals surface area contributed by atoms with E-state index >= 15 is 0 Å². The molecule has 0 aromatic heterocycles. The van der Waals surface area contributed by atoms with E-state index in [0.29, 0.717) is 0 Å². The first-order valence-electron chi connectivity index (χ1n) is 9.24. The van der Waals surface area contributed by atoms with Gasteiger partial charge in [-0.1, -0.05) is 7.43 Å². The average molecular weight is 416 g/mol. The fourth-order valence-electron chi connectivity index (χ4n) is 4.94. The van der Waals surface area contributed by atoms with E-state index in [4.69, 9.17) is 19.7 Å². The number of aliphatic hydroxyl groups is 1. The molecule has 0 radical (unpaired) electrons. The third-order valence-electron chi connectivity index (χ3n) is 6.05. The van der Waals surface area contributed by atoms with E-state index < -0.39 is 23.8 Å². The van der Waals surface area contributed by atoms with Crippen molar-refractivity contribution in [3.05, 3.63) is 0 Å². The molecule has 0 aliphatic carbocycles. The van der Waals surface area contributed by atoms with Gasteiger partial charge in [0.25, 0.3) is 0 Å². The second-order valence-corrected chi connectivity index (χ2v) is 7.29. The maximum Gasteiger partial charge on any atom is 0.320 e. The Bertz CT molecular complexity index is 635. The number of carbonyl (C=O) groups is 4. The molecule has 0 saturated carbocycles. The summed E-state index contributed by atoms with van der Waals surface area (Å²) in [6, 6.07) is 0. The van der Waals surface area contributed by atoms with Crippen LogP contribution in [0, 0.1) is 23.7 Å². The van der Waals surface area contributed by atoms with Crippen LogP contribution in [0.2, 0.25) is 0 Å². The Morgan fingerprint density at radius 1 is 0.862 bits per heavy atom. The number of carboxylic acids is 1. The van der Waals surface area contributed by atoms with Crippen LogP contribution in [-0.2, 0) is 38.1 Å². The van der Waals surface area contributed by atoms with Crippen LogP contribution in [0.1, 0.15) is 33.1 Å². The smallest absolute Gasteiger partial charge is 0.320 e. The summed E-state index contributed by atoms with van der Waals surface area (Å²) in [5.74, 6) is -4.09. The van der Waals surface area contributed by atoms with Crippen LogP contribution in [-0.4, -0.2) is 72.7 Å². The van der Waals surface area contributed by atoms with Crippen LogP contribution >= 0.6 is 0 Å². The first kappa shape index (κ1) is 23.2. The summed E-state index contributed by atoms with van der Waals surface area (Å²) in [5.41, 5.74) is 0. The number of esters is 3. The summed E-state index contributed by atoms with van der Waals surface area (Å²) >= 11 is 0. The SMILES string of the molecule is C.CO.COC(=O)C1C2CCC(O2)C1C(=O)O.O=C1OC(=O)C2C3CCC(O3)C12. The van der Waals surface area contributed by atoms with Crippen LogP contribution in [0.15, 0.2) is 0 Å². The van der Waals surface area contributed by atoms with E-state index in [0.717, 1.165) is 32.8 Å². The van der Waals surface area contributed by atoms with E-state index in [1.54, 1.807) is 0 Å². The molecule has 10 heteroatoms. The fourth-order valence-corrected chi connectivity index (χ4v) is 4.94. The molecular weight excluding hydrogens is 388 g/mol. The zero-order valence-electron chi connectivity index (χ0n) is 15.6. The van der Waals surface area contributed by atoms with Gasteiger partial charge in [-0.2, -0.15) is 0 Å². The number of carbonyl (C=O) groups excluding carboxylic acids is 3. The van der Waals surface area contributed by atoms with Gasteiger partial charge in [-0.15, -0.1) is 0 Å². The molecule has 5 aliphatic rings. The van der Waals surface area contributed by atoms with Gasteiger partial charge in [-0.3, -0.25) is 19.2 Å². The Morgan fingerprint density at radius 2 is 1.28 bits per heavy atom. The second-order valence-electron chi connectivity index (χ2n) is 7.29. The number of ether oxygens (including phenoxy) is 4. The number of aliphatic hydroxyl groups excluding tert-OH is 1. The molecule has 5 rings (SSSR count). The normalized spacial score (nSPS) is 40.0. The molecule has 0 spiro atoms. The topological polar surface area (TPSA) is 146 Å². The number of hydrogen-bond donors (Lipinski definition) is 2. The van der Waals surface area contributed by atoms with E-state index in [1.165, 1.54) is 7.11 Å². The van der Waals surface area contributed by atoms with Gasteiger partial charge in [-0.25, -0.2) is 0 Å². The lowest BCUT2D eigenvalue weighted by molar-refractivity contribution is -0.156. The standard InChI is InChI=1S/C9H12O5.C8H8O4.CH4O.CH4/c1-13-9(12)7-5-3-2-4(14-5)6(7)8(10)11;9-7-5-3-1-2-4(11-3)6(5)8(10)12-7;1-2;/h4-7H,2-3H2,1H3,(H,10,11);3-6H,1-2H2;2H,1H3;1H4. The summed E-state index contributed by atoms with van der Waals surface area (Å²) in [7, 11) is 2.27. The second kappa shape index (κ2) is 9.19. The average Bonchev–Trinajstić information content (AvgIpc) is 3.49. The summed E-state index contributed by atoms with van der Waals surface area (Å²) < 4.78 is 20.0. The number of aliphatic carboxylic acids is 1. The van der Waals surface area contributed by atoms with Crippen LogP contribution in [0.25, 0.3) is 0 Å². The van der Waals surface area contributed by atoms with Gasteiger partial charge in [0.2, 0.25) is 0 Å². The predicted molar refractivity (Wildman–Crippen MR) is 95.4 cm³/mol. The van der Waals surface area contributed by atoms with Crippen molar-refractivity contribution in [2.75, 3.05) is 14.2 Å². The molecule has 29 heavy (non-hydrogen) atoms. The van der Waals surface area contributed by atoms with Crippen LogP contribution in [0.5, 0.6) is 0 Å². The molecule has 2 N–H and O–H groups in total. The summed E-state index contributed by atoms with van der Waals surface area (Å²) in [6.07, 6.45) is 2.64. The van der Waals surface area contributed by atoms with Crippen LogP contribution in [0.4, 0.5) is 0 Å². The highest BCUT2D eigenvalue weighted by molar-refractivity contribution is 5.97. The Balaban J connectivity index is 0.000000186. The van der Waals surface area contributed by atoms with Crippen molar-refractivity contribution in [1.29, 1.82) is 0 Å². The van der Waals surface area contributed by atoms with Gasteiger partial charge in [0.15, 0.2) is 0 Å². The van der Waals surface area contributed by atoms with E-state index in [-0.39, 0.29) is 55.6 Å². The molecule has 164 valence electrons. The highest BCUT2D eigenvalue weighted by Crippen LogP contribution is 2.47. The van der Waals surface area contributed by atoms with Gasteiger partial charge in [0.05, 0.1) is 55.2 Å². The fraction of sp³-hybridized carbons (Fsp3) is 0.789. The molecule has 8 unspecified atom stereocenters. The number of cyclic esters (lactones) is 2. The lowest BCUT2D eigenvalue weighted by Crippen LogP contribution is -2.38. The van der Waals surface area contributed by atoms with E-state index in [1.807, 2.05) is 0 Å². The zero-order valence-corrected chi connectivity index (χ0v) is 15.6. The predicted octanol–water partition coefficient (Wildman–Crippen LogP) is 0.146. The number of methoxy groups -OCH3 is 1. The van der Waals surface area contributed by atoms with Gasteiger partial charge < -0.3 is 29.2 Å². The summed E-state index contributed by atoms with van der Waals surface area (Å²) in [4.78, 5) is 44.6. The molecule has 0 amide bonds. The Hall–Kier alpha value is -2.04. The molecule has 8 atom stereocenters. The maximum absolute atomic E-state index is 11.4. The van der Waals surface area contributed by atoms with Crippen molar-refractivity contribution in [3.8, 4) is 0 Å². The van der Waals surface area contributed by atoms with Crippen molar-refractivity contribution in [2.24, 2.45) is 23.7 Å². The van der Waals surface area contributed by atoms with E-state index in [9.17, 15) is 19.2 Å². The monoisotopic (exact) mass is 416 g/mol. The minimum Gasteiger partial charge on any atom is -0.481 e. The Labute approximate surface area is 168 Å². The Kier molecular flexibility index (Phi) is 7.36. The van der Waals surface area contributed by atoms with Crippen LogP contribution < -0.4 is 0 Å². The van der Waals surface area contributed by atoms with Gasteiger partial charge >= 0.3 is 23.9 Å². The van der Waals surface area contributed by atoms with Crippen molar-refractivity contribution in [3.63, 3.8) is 0 Å². The van der Waals surface area contributed by atoms with Crippen LogP contribution in [0.3, 0.4) is 0 Å². The van der Waals surface area contributed by atoms with Gasteiger partial charge in [0, 0.05) is 7.11 Å². The molecular formula is C19H28O10. The minimum absolute atomic E-state index is 0. The minimum atomic E-state index is -0.965. The van der Waals surface area contributed by atoms with Crippen molar-refractivity contribution < 1.29 is 48.3 Å². The first-order valence-corrected chi connectivity index (χ1v) is 9.24. The number of rotatable bonds is 2. The highest BCUT2D eigenvalue weighted by Gasteiger charge is 2.61. The number of hydrogen-bond acceptors (Lipinski definition) is 9. The maximum atomic E-state index is 11.4. The van der Waals surface area contributed by atoms with Crippen molar-refractivity contribution in [2.45, 2.75) is 57.5 Å². The van der Waals surface area contributed by atoms with Crippen molar-refractivity contribution in [1.82, 2.24) is 0 Å². The third-order valence-corrected chi connectivity index (χ3v) is 6.05. The first-order chi connectivity index (χ1) is 13.4. The van der Waals surface area contributed by atoms with Gasteiger partial charge in [-0.05, 0) is 25.7 Å². The largest absolute Gasteiger partial charge is 0.481 e.